The summed E-state index contributed by atoms with van der Waals surface area (Å²) in [4.78, 5) is 13.7. The predicted octanol–water partition coefficient (Wildman–Crippen LogP) is 2.67. The van der Waals surface area contributed by atoms with Crippen molar-refractivity contribution in [2.24, 2.45) is 0 Å². The van der Waals surface area contributed by atoms with Crippen molar-refractivity contribution in [2.45, 2.75) is 32.3 Å². The van der Waals surface area contributed by atoms with Crippen molar-refractivity contribution in [2.75, 3.05) is 32.8 Å². The third-order valence-corrected chi connectivity index (χ3v) is 3.70. The lowest BCUT2D eigenvalue weighted by atomic mass is 10.1. The van der Waals surface area contributed by atoms with Crippen molar-refractivity contribution in [1.82, 2.24) is 10.2 Å². The lowest BCUT2D eigenvalue weighted by Crippen LogP contribution is -2.46. The van der Waals surface area contributed by atoms with Gasteiger partial charge in [-0.3, -0.25) is 0 Å². The van der Waals surface area contributed by atoms with E-state index < -0.39 is 0 Å². The fraction of sp³-hybridized carbons (Fsp3) is 0.588. The number of likely N-dealkylation sites (tertiary alicyclic amines) is 1. The van der Waals surface area contributed by atoms with Crippen molar-refractivity contribution in [3.05, 3.63) is 30.3 Å². The molecule has 5 nitrogen and oxygen atoms in total. The molecule has 1 aromatic carbocycles. The highest BCUT2D eigenvalue weighted by Crippen LogP contribution is 2.14. The van der Waals surface area contributed by atoms with E-state index in [2.05, 4.69) is 12.2 Å². The van der Waals surface area contributed by atoms with Gasteiger partial charge in [0.05, 0.1) is 12.7 Å². The number of ether oxygens (including phenoxy) is 2. The summed E-state index contributed by atoms with van der Waals surface area (Å²) in [5.41, 5.74) is 0. The van der Waals surface area contributed by atoms with Crippen LogP contribution in [-0.2, 0) is 4.74 Å². The zero-order valence-corrected chi connectivity index (χ0v) is 13.3. The Bertz CT molecular complexity index is 431. The van der Waals surface area contributed by atoms with Gasteiger partial charge in [-0.15, -0.1) is 0 Å². The van der Waals surface area contributed by atoms with Crippen LogP contribution < -0.4 is 10.1 Å². The summed E-state index contributed by atoms with van der Waals surface area (Å²) in [5, 5.41) is 2.91. The molecule has 122 valence electrons. The summed E-state index contributed by atoms with van der Waals surface area (Å²) in [6, 6.07) is 9.80. The van der Waals surface area contributed by atoms with E-state index in [1.54, 1.807) is 0 Å². The van der Waals surface area contributed by atoms with E-state index in [0.717, 1.165) is 44.6 Å². The molecule has 0 aliphatic carbocycles. The number of carbonyl (C=O) groups is 1. The molecular formula is C17H26N2O3. The molecular weight excluding hydrogens is 280 g/mol. The largest absolute Gasteiger partial charge is 0.491 e. The number of benzene rings is 1. The Hall–Kier alpha value is -1.75. The van der Waals surface area contributed by atoms with Crippen LogP contribution >= 0.6 is 0 Å². The van der Waals surface area contributed by atoms with Gasteiger partial charge in [-0.05, 0) is 31.4 Å². The number of hydrogen-bond donors (Lipinski definition) is 1. The normalized spacial score (nSPS) is 15.6. The monoisotopic (exact) mass is 306 g/mol. The standard InChI is InChI=1S/C17H26N2O3/c1-2-10-18-17(20)19-11-8-16(9-12-19)22-14-13-21-15-6-4-3-5-7-15/h3-7,16H,2,8-14H2,1H3,(H,18,20). The summed E-state index contributed by atoms with van der Waals surface area (Å²) in [5.74, 6) is 0.869. The Morgan fingerprint density at radius 1 is 1.23 bits per heavy atom. The second-order valence-corrected chi connectivity index (χ2v) is 5.45. The minimum Gasteiger partial charge on any atom is -0.491 e. The Morgan fingerprint density at radius 3 is 2.64 bits per heavy atom. The van der Waals surface area contributed by atoms with E-state index in [9.17, 15) is 4.79 Å². The molecule has 1 N–H and O–H groups in total. The average molecular weight is 306 g/mol. The van der Waals surface area contributed by atoms with E-state index >= 15 is 0 Å². The van der Waals surface area contributed by atoms with Gasteiger partial charge in [-0.1, -0.05) is 25.1 Å². The molecule has 1 aliphatic heterocycles. The van der Waals surface area contributed by atoms with Gasteiger partial charge in [-0.2, -0.15) is 0 Å². The molecule has 0 atom stereocenters. The molecule has 2 rings (SSSR count). The molecule has 1 fully saturated rings. The second-order valence-electron chi connectivity index (χ2n) is 5.45. The predicted molar refractivity (Wildman–Crippen MR) is 86.2 cm³/mol. The highest BCUT2D eigenvalue weighted by molar-refractivity contribution is 5.74. The second kappa shape index (κ2) is 9.30. The zero-order valence-electron chi connectivity index (χ0n) is 13.3. The van der Waals surface area contributed by atoms with Crippen LogP contribution in [-0.4, -0.2) is 49.9 Å². The number of urea groups is 1. The topological polar surface area (TPSA) is 50.8 Å². The van der Waals surface area contributed by atoms with Crippen molar-refractivity contribution in [3.63, 3.8) is 0 Å². The lowest BCUT2D eigenvalue weighted by Gasteiger charge is -2.31. The lowest BCUT2D eigenvalue weighted by molar-refractivity contribution is 0.00190. The molecule has 1 saturated heterocycles. The average Bonchev–Trinajstić information content (AvgIpc) is 2.58. The Kier molecular flexibility index (Phi) is 7.03. The highest BCUT2D eigenvalue weighted by atomic mass is 16.5. The van der Waals surface area contributed by atoms with Crippen molar-refractivity contribution >= 4 is 6.03 Å². The van der Waals surface area contributed by atoms with Crippen LogP contribution in [0.15, 0.2) is 30.3 Å². The van der Waals surface area contributed by atoms with Crippen molar-refractivity contribution < 1.29 is 14.3 Å². The van der Waals surface area contributed by atoms with E-state index in [4.69, 9.17) is 9.47 Å². The van der Waals surface area contributed by atoms with Gasteiger partial charge in [0.2, 0.25) is 0 Å². The van der Waals surface area contributed by atoms with Gasteiger partial charge >= 0.3 is 6.03 Å². The Morgan fingerprint density at radius 2 is 1.95 bits per heavy atom. The number of rotatable bonds is 7. The molecule has 1 aromatic rings. The fourth-order valence-electron chi connectivity index (χ4n) is 2.46. The van der Waals surface area contributed by atoms with Crippen molar-refractivity contribution in [1.29, 1.82) is 0 Å². The quantitative estimate of drug-likeness (QED) is 0.788. The summed E-state index contributed by atoms with van der Waals surface area (Å²) in [7, 11) is 0. The molecule has 1 aliphatic rings. The summed E-state index contributed by atoms with van der Waals surface area (Å²) >= 11 is 0. The number of hydrogen-bond acceptors (Lipinski definition) is 3. The molecule has 0 aromatic heterocycles. The minimum atomic E-state index is 0.0488. The SMILES string of the molecule is CCCNC(=O)N1CCC(OCCOc2ccccc2)CC1. The van der Waals surface area contributed by atoms with E-state index in [1.807, 2.05) is 35.2 Å². The number of nitrogens with zero attached hydrogens (tertiary/aromatic N) is 1. The molecule has 22 heavy (non-hydrogen) atoms. The first-order valence-corrected chi connectivity index (χ1v) is 8.12. The van der Waals surface area contributed by atoms with Crippen LogP contribution in [0, 0.1) is 0 Å². The smallest absolute Gasteiger partial charge is 0.317 e. The number of carbonyl (C=O) groups excluding carboxylic acids is 1. The molecule has 0 unspecified atom stereocenters. The van der Waals surface area contributed by atoms with Gasteiger partial charge in [0.25, 0.3) is 0 Å². The number of amides is 2. The van der Waals surface area contributed by atoms with Crippen LogP contribution in [0.4, 0.5) is 4.79 Å². The first-order valence-electron chi connectivity index (χ1n) is 8.12. The van der Waals surface area contributed by atoms with Crippen LogP contribution in [0.25, 0.3) is 0 Å². The van der Waals surface area contributed by atoms with Gasteiger partial charge in [0.15, 0.2) is 0 Å². The number of piperidine rings is 1. The summed E-state index contributed by atoms with van der Waals surface area (Å²) in [6.07, 6.45) is 2.98. The van der Waals surface area contributed by atoms with Gasteiger partial charge in [-0.25, -0.2) is 4.79 Å². The van der Waals surface area contributed by atoms with Gasteiger partial charge in [0, 0.05) is 19.6 Å². The first kappa shape index (κ1) is 16.6. The Balaban J connectivity index is 1.56. The third-order valence-electron chi connectivity index (χ3n) is 3.70. The maximum absolute atomic E-state index is 11.8. The minimum absolute atomic E-state index is 0.0488. The van der Waals surface area contributed by atoms with Crippen molar-refractivity contribution in [3.8, 4) is 5.75 Å². The molecule has 1 heterocycles. The molecule has 0 saturated carbocycles. The van der Waals surface area contributed by atoms with Crippen LogP contribution in [0.5, 0.6) is 5.75 Å². The van der Waals surface area contributed by atoms with Crippen LogP contribution in [0.2, 0.25) is 0 Å². The highest BCUT2D eigenvalue weighted by Gasteiger charge is 2.22. The van der Waals surface area contributed by atoms with E-state index in [1.165, 1.54) is 0 Å². The van der Waals surface area contributed by atoms with Crippen LogP contribution in [0.3, 0.4) is 0 Å². The number of nitrogens with one attached hydrogen (secondary N) is 1. The maximum atomic E-state index is 11.8. The molecule has 2 amide bonds. The first-order chi connectivity index (χ1) is 10.8. The number of para-hydroxylation sites is 1. The van der Waals surface area contributed by atoms with Gasteiger partial charge in [0.1, 0.15) is 12.4 Å². The van der Waals surface area contributed by atoms with E-state index in [-0.39, 0.29) is 12.1 Å². The van der Waals surface area contributed by atoms with Gasteiger partial charge < -0.3 is 19.7 Å². The molecule has 0 bridgehead atoms. The van der Waals surface area contributed by atoms with Crippen LogP contribution in [0.1, 0.15) is 26.2 Å². The zero-order chi connectivity index (χ0) is 15.6. The summed E-state index contributed by atoms with van der Waals surface area (Å²) in [6.45, 7) is 5.46. The Labute approximate surface area is 132 Å². The maximum Gasteiger partial charge on any atom is 0.317 e. The third kappa shape index (κ3) is 5.56. The fourth-order valence-corrected chi connectivity index (χ4v) is 2.46. The molecule has 0 spiro atoms. The molecule has 0 radical (unpaired) electrons. The van der Waals surface area contributed by atoms with E-state index in [0.29, 0.717) is 13.2 Å². The summed E-state index contributed by atoms with van der Waals surface area (Å²) < 4.78 is 11.4. The molecule has 5 heteroatoms.